The van der Waals surface area contributed by atoms with Crippen molar-refractivity contribution < 1.29 is 30.0 Å². The summed E-state index contributed by atoms with van der Waals surface area (Å²) < 4.78 is 1.99. The van der Waals surface area contributed by atoms with E-state index in [2.05, 4.69) is 53.1 Å². The molecule has 2 amide bonds. The second-order valence-corrected chi connectivity index (χ2v) is 25.6. The summed E-state index contributed by atoms with van der Waals surface area (Å²) in [5.41, 5.74) is 0. The second-order valence-electron chi connectivity index (χ2n) is 22.9. The Kier molecular flexibility index (Phi) is 52.7. The Morgan fingerprint density at radius 1 is 0.481 bits per heavy atom. The molecule has 0 aromatic carbocycles. The highest BCUT2D eigenvalue weighted by atomic mass is 33.1. The van der Waals surface area contributed by atoms with Crippen LogP contribution in [0.2, 0.25) is 0 Å². The van der Waals surface area contributed by atoms with E-state index >= 15 is 0 Å². The number of aryl methyl sites for hydroxylation is 1. The highest BCUT2D eigenvalue weighted by Gasteiger charge is 2.22. The molecule has 0 bridgehead atoms. The van der Waals surface area contributed by atoms with Crippen LogP contribution < -0.4 is 10.6 Å². The molecule has 0 fully saturated rings. The summed E-state index contributed by atoms with van der Waals surface area (Å²) in [6, 6.07) is -0.613. The molecule has 0 aliphatic rings. The molecule has 0 radical (unpaired) electrons. The molecule has 1 rings (SSSR count). The number of carbonyl (C=O) groups is 2. The van der Waals surface area contributed by atoms with Gasteiger partial charge in [0.15, 0.2) is 0 Å². The van der Waals surface area contributed by atoms with Gasteiger partial charge in [0.25, 0.3) is 0 Å². The highest BCUT2D eigenvalue weighted by molar-refractivity contribution is 8.76. The number of nitrogens with zero attached hydrogens (tertiary/aromatic N) is 4. The van der Waals surface area contributed by atoms with Crippen LogP contribution in [0, 0.1) is 0 Å². The SMILES string of the molecule is CCCCCCCCCCC(O)CN(CCCCSSCCC(NC(=O)CCCCN(CC(O)CCCCCCCC)CC(O)CCCCCCCC)C(=O)NCCCn1ccnc1)CC(O)CCCCCCCCCC. The molecule has 0 spiro atoms. The minimum atomic E-state index is -0.613. The summed E-state index contributed by atoms with van der Waals surface area (Å²) in [5, 5.41) is 50.4. The molecule has 77 heavy (non-hydrogen) atoms. The van der Waals surface area contributed by atoms with Crippen molar-refractivity contribution in [3.05, 3.63) is 18.7 Å². The first-order chi connectivity index (χ1) is 37.6. The van der Waals surface area contributed by atoms with E-state index in [0.717, 1.165) is 114 Å². The summed E-state index contributed by atoms with van der Waals surface area (Å²) in [6.45, 7) is 14.1. The number of imidazole rings is 1. The molecular formula is C63H124N6O6S2. The van der Waals surface area contributed by atoms with Gasteiger partial charge in [0.1, 0.15) is 6.04 Å². The number of hydrogen-bond donors (Lipinski definition) is 6. The van der Waals surface area contributed by atoms with Crippen LogP contribution in [0.15, 0.2) is 18.7 Å². The van der Waals surface area contributed by atoms with E-state index in [1.807, 2.05) is 21.6 Å². The first-order valence-electron chi connectivity index (χ1n) is 32.6. The molecular weight excluding hydrogens is 1000 g/mol. The molecule has 1 aromatic heterocycles. The van der Waals surface area contributed by atoms with Crippen molar-refractivity contribution in [3.8, 4) is 0 Å². The number of nitrogens with one attached hydrogen (secondary N) is 2. The van der Waals surface area contributed by atoms with Crippen molar-refractivity contribution in [3.63, 3.8) is 0 Å². The van der Waals surface area contributed by atoms with Crippen LogP contribution in [-0.2, 0) is 16.1 Å². The molecule has 6 N–H and O–H groups in total. The van der Waals surface area contributed by atoms with Crippen LogP contribution in [-0.4, -0.2) is 139 Å². The van der Waals surface area contributed by atoms with Crippen LogP contribution in [0.1, 0.15) is 278 Å². The maximum atomic E-state index is 13.6. The number of carbonyl (C=O) groups excluding carboxylic acids is 2. The first kappa shape index (κ1) is 73.6. The van der Waals surface area contributed by atoms with Gasteiger partial charge in [-0.2, -0.15) is 0 Å². The zero-order chi connectivity index (χ0) is 56.1. The van der Waals surface area contributed by atoms with Crippen molar-refractivity contribution in [2.45, 2.75) is 315 Å². The third-order valence-corrected chi connectivity index (χ3v) is 17.7. The molecule has 14 heteroatoms. The number of amides is 2. The number of aliphatic hydroxyl groups is 4. The number of hydrogen-bond acceptors (Lipinski definition) is 11. The summed E-state index contributed by atoms with van der Waals surface area (Å²) in [6.07, 6.45) is 46.6. The number of aromatic nitrogens is 2. The van der Waals surface area contributed by atoms with Crippen LogP contribution in [0.4, 0.5) is 0 Å². The number of unbranched alkanes of at least 4 members (excludes halogenated alkanes) is 26. The van der Waals surface area contributed by atoms with Gasteiger partial charge in [-0.1, -0.05) is 229 Å². The maximum absolute atomic E-state index is 13.6. The standard InChI is InChI=1S/C63H124N6O6S2/c1-5-9-13-17-21-23-27-31-40-59(72)54-69(55-60(73)41-32-28-24-22-18-14-10-6-2)47-35-36-50-76-77-51-43-61(63(75)65-44-37-48-67-49-45-64-56-67)66-62(74)42-33-34-46-68(52-57(70)38-29-25-19-15-11-7-3)53-58(71)39-30-26-20-16-12-8-4/h45,49,56-61,70-73H,5-44,46-48,50-55H2,1-4H3,(H,65,75)(H,66,74). The Hall–Kier alpha value is -1.39. The smallest absolute Gasteiger partial charge is 0.242 e. The summed E-state index contributed by atoms with van der Waals surface area (Å²) in [5.74, 6) is 1.45. The molecule has 0 saturated heterocycles. The molecule has 454 valence electrons. The number of rotatable bonds is 60. The van der Waals surface area contributed by atoms with Crippen LogP contribution >= 0.6 is 21.6 Å². The Bertz CT molecular complexity index is 1350. The van der Waals surface area contributed by atoms with E-state index in [-0.39, 0.29) is 24.0 Å². The van der Waals surface area contributed by atoms with E-state index in [1.165, 1.54) is 141 Å². The van der Waals surface area contributed by atoms with E-state index < -0.39 is 18.2 Å². The predicted octanol–water partition coefficient (Wildman–Crippen LogP) is 14.2. The molecule has 0 aliphatic carbocycles. The first-order valence-corrected chi connectivity index (χ1v) is 35.0. The van der Waals surface area contributed by atoms with E-state index in [1.54, 1.807) is 23.3 Å². The topological polar surface area (TPSA) is 163 Å². The fraction of sp³-hybridized carbons (Fsp3) is 0.921. The highest BCUT2D eigenvalue weighted by Crippen LogP contribution is 2.24. The van der Waals surface area contributed by atoms with E-state index in [4.69, 9.17) is 0 Å². The largest absolute Gasteiger partial charge is 0.392 e. The van der Waals surface area contributed by atoms with Crippen LogP contribution in [0.5, 0.6) is 0 Å². The van der Waals surface area contributed by atoms with Crippen molar-refractivity contribution in [2.75, 3.05) is 57.3 Å². The predicted molar refractivity (Wildman–Crippen MR) is 332 cm³/mol. The van der Waals surface area contributed by atoms with E-state index in [9.17, 15) is 30.0 Å². The van der Waals surface area contributed by atoms with Crippen molar-refractivity contribution in [1.29, 1.82) is 0 Å². The van der Waals surface area contributed by atoms with Gasteiger partial charge in [-0.3, -0.25) is 19.4 Å². The Balaban J connectivity index is 2.71. The van der Waals surface area contributed by atoms with Crippen LogP contribution in [0.3, 0.4) is 0 Å². The zero-order valence-electron chi connectivity index (χ0n) is 50.5. The van der Waals surface area contributed by atoms with Gasteiger partial charge in [-0.05, 0) is 77.3 Å². The van der Waals surface area contributed by atoms with Gasteiger partial charge in [0.2, 0.25) is 11.8 Å². The van der Waals surface area contributed by atoms with Gasteiger partial charge in [0.05, 0.1) is 30.7 Å². The molecule has 12 nitrogen and oxygen atoms in total. The normalized spacial score (nSPS) is 13.8. The van der Waals surface area contributed by atoms with Crippen molar-refractivity contribution >= 4 is 33.4 Å². The zero-order valence-corrected chi connectivity index (χ0v) is 52.1. The van der Waals surface area contributed by atoms with Gasteiger partial charge >= 0.3 is 0 Å². The second kappa shape index (κ2) is 55.2. The van der Waals surface area contributed by atoms with Crippen molar-refractivity contribution in [1.82, 2.24) is 30.0 Å². The number of aliphatic hydroxyl groups excluding tert-OH is 4. The lowest BCUT2D eigenvalue weighted by atomic mass is 10.0. The molecule has 1 aromatic rings. The molecule has 5 unspecified atom stereocenters. The molecule has 0 saturated carbocycles. The Morgan fingerprint density at radius 2 is 0.870 bits per heavy atom. The fourth-order valence-electron chi connectivity index (χ4n) is 10.4. The summed E-state index contributed by atoms with van der Waals surface area (Å²) in [7, 11) is 3.57. The van der Waals surface area contributed by atoms with E-state index in [0.29, 0.717) is 58.5 Å². The maximum Gasteiger partial charge on any atom is 0.242 e. The third-order valence-electron chi connectivity index (χ3n) is 15.2. The van der Waals surface area contributed by atoms with Crippen LogP contribution in [0.25, 0.3) is 0 Å². The Labute approximate surface area is 482 Å². The van der Waals surface area contributed by atoms with Crippen molar-refractivity contribution in [2.24, 2.45) is 0 Å². The average molecular weight is 1130 g/mol. The average Bonchev–Trinajstić information content (AvgIpc) is 3.94. The van der Waals surface area contributed by atoms with Gasteiger partial charge < -0.3 is 35.6 Å². The summed E-state index contributed by atoms with van der Waals surface area (Å²) in [4.78, 5) is 35.7. The van der Waals surface area contributed by atoms with Gasteiger partial charge in [-0.15, -0.1) is 0 Å². The molecule has 1 heterocycles. The quantitative estimate of drug-likeness (QED) is 0.0272. The lowest BCUT2D eigenvalue weighted by Gasteiger charge is -2.27. The minimum absolute atomic E-state index is 0.116. The summed E-state index contributed by atoms with van der Waals surface area (Å²) >= 11 is 0. The Morgan fingerprint density at radius 3 is 1.27 bits per heavy atom. The molecule has 5 atom stereocenters. The lowest BCUT2D eigenvalue weighted by Crippen LogP contribution is -2.47. The fourth-order valence-corrected chi connectivity index (χ4v) is 12.6. The molecule has 0 aliphatic heterocycles. The lowest BCUT2D eigenvalue weighted by molar-refractivity contribution is -0.129. The monoisotopic (exact) mass is 1120 g/mol. The van der Waals surface area contributed by atoms with Gasteiger partial charge in [0, 0.05) is 69.6 Å². The third kappa shape index (κ3) is 47.9. The minimum Gasteiger partial charge on any atom is -0.392 e. The van der Waals surface area contributed by atoms with Gasteiger partial charge in [-0.25, -0.2) is 4.98 Å².